The van der Waals surface area contributed by atoms with Crippen LogP contribution in [0.4, 0.5) is 0 Å². The summed E-state index contributed by atoms with van der Waals surface area (Å²) in [6.45, 7) is 2.16. The van der Waals surface area contributed by atoms with Crippen molar-refractivity contribution in [1.82, 2.24) is 4.90 Å². The molecule has 25 heavy (non-hydrogen) atoms. The van der Waals surface area contributed by atoms with Crippen LogP contribution in [-0.4, -0.2) is 30.6 Å². The van der Waals surface area contributed by atoms with E-state index in [0.717, 1.165) is 47.7 Å². The van der Waals surface area contributed by atoms with E-state index in [0.29, 0.717) is 13.2 Å². The van der Waals surface area contributed by atoms with Crippen molar-refractivity contribution in [2.45, 2.75) is 25.3 Å². The third-order valence-corrected chi connectivity index (χ3v) is 5.46. The molecule has 1 aromatic heterocycles. The van der Waals surface area contributed by atoms with Gasteiger partial charge >= 0.3 is 0 Å². The van der Waals surface area contributed by atoms with Crippen LogP contribution in [-0.2, 0) is 4.79 Å². The third-order valence-electron chi connectivity index (χ3n) is 4.63. The van der Waals surface area contributed by atoms with Crippen molar-refractivity contribution in [3.63, 3.8) is 0 Å². The maximum atomic E-state index is 12.7. The van der Waals surface area contributed by atoms with Gasteiger partial charge in [0.15, 0.2) is 11.5 Å². The summed E-state index contributed by atoms with van der Waals surface area (Å²) in [6.07, 6.45) is 6.49. The molecule has 0 saturated carbocycles. The first-order valence-corrected chi connectivity index (χ1v) is 9.61. The Morgan fingerprint density at radius 2 is 2.04 bits per heavy atom. The predicted molar refractivity (Wildman–Crippen MR) is 99.1 cm³/mol. The molecule has 2 aliphatic heterocycles. The number of ether oxygens (including phenoxy) is 2. The van der Waals surface area contributed by atoms with Crippen LogP contribution < -0.4 is 9.47 Å². The summed E-state index contributed by atoms with van der Waals surface area (Å²) in [5.41, 5.74) is 1.12. The van der Waals surface area contributed by atoms with Crippen LogP contribution in [0.1, 0.15) is 35.7 Å². The van der Waals surface area contributed by atoms with Gasteiger partial charge in [0.1, 0.15) is 0 Å². The Balaban J connectivity index is 1.53. The van der Waals surface area contributed by atoms with Crippen LogP contribution in [0.25, 0.3) is 6.08 Å². The average Bonchev–Trinajstić information content (AvgIpc) is 3.27. The molecule has 1 atom stereocenters. The summed E-state index contributed by atoms with van der Waals surface area (Å²) < 4.78 is 11.5. The molecule has 4 nitrogen and oxygen atoms in total. The molecule has 3 heterocycles. The second-order valence-electron chi connectivity index (χ2n) is 6.30. The lowest BCUT2D eigenvalue weighted by atomic mass is 10.0. The fraction of sp³-hybridized carbons (Fsp3) is 0.350. The van der Waals surface area contributed by atoms with Crippen molar-refractivity contribution in [3.05, 3.63) is 52.2 Å². The Hall–Kier alpha value is -2.27. The fourth-order valence-electron chi connectivity index (χ4n) is 3.40. The van der Waals surface area contributed by atoms with E-state index >= 15 is 0 Å². The van der Waals surface area contributed by atoms with Gasteiger partial charge in [-0.25, -0.2) is 0 Å². The Kier molecular flexibility index (Phi) is 4.74. The highest BCUT2D eigenvalue weighted by Gasteiger charge is 2.29. The van der Waals surface area contributed by atoms with Gasteiger partial charge in [-0.3, -0.25) is 4.79 Å². The standard InChI is InChI=1S/C20H21NO3S/c22-20(9-7-16-4-2-13-25-16)21-10-1-5-17(21)15-6-8-18-19(14-15)24-12-3-11-23-18/h2,4,6-9,13-14,17H,1,3,5,10-12H2/b9-7+/t17-/m1/s1. The number of rotatable bonds is 3. The monoisotopic (exact) mass is 355 g/mol. The number of amides is 1. The Morgan fingerprint density at radius 1 is 1.16 bits per heavy atom. The van der Waals surface area contributed by atoms with Crippen molar-refractivity contribution in [2.24, 2.45) is 0 Å². The van der Waals surface area contributed by atoms with Gasteiger partial charge < -0.3 is 14.4 Å². The van der Waals surface area contributed by atoms with E-state index in [9.17, 15) is 4.79 Å². The highest BCUT2D eigenvalue weighted by molar-refractivity contribution is 7.10. The molecule has 0 bridgehead atoms. The van der Waals surface area contributed by atoms with E-state index in [1.165, 1.54) is 0 Å². The van der Waals surface area contributed by atoms with Gasteiger partial charge in [-0.2, -0.15) is 0 Å². The summed E-state index contributed by atoms with van der Waals surface area (Å²) >= 11 is 1.63. The van der Waals surface area contributed by atoms with Crippen molar-refractivity contribution in [2.75, 3.05) is 19.8 Å². The third kappa shape index (κ3) is 3.56. The number of fused-ring (bicyclic) bond motifs is 1. The lowest BCUT2D eigenvalue weighted by Gasteiger charge is -2.24. The fourth-order valence-corrected chi connectivity index (χ4v) is 4.02. The van der Waals surface area contributed by atoms with Crippen LogP contribution >= 0.6 is 11.3 Å². The molecule has 130 valence electrons. The largest absolute Gasteiger partial charge is 0.490 e. The normalized spacial score (nSPS) is 20.0. The molecular weight excluding hydrogens is 334 g/mol. The Labute approximate surface area is 151 Å². The first kappa shape index (κ1) is 16.2. The van der Waals surface area contributed by atoms with Crippen LogP contribution in [0, 0.1) is 0 Å². The molecule has 1 saturated heterocycles. The second-order valence-corrected chi connectivity index (χ2v) is 7.27. The van der Waals surface area contributed by atoms with E-state index in [-0.39, 0.29) is 11.9 Å². The number of thiophene rings is 1. The molecule has 1 amide bonds. The van der Waals surface area contributed by atoms with Crippen molar-refractivity contribution in [1.29, 1.82) is 0 Å². The van der Waals surface area contributed by atoms with Crippen molar-refractivity contribution >= 4 is 23.3 Å². The Bertz CT molecular complexity index is 769. The van der Waals surface area contributed by atoms with Crippen molar-refractivity contribution in [3.8, 4) is 11.5 Å². The molecule has 0 spiro atoms. The van der Waals surface area contributed by atoms with E-state index in [4.69, 9.17) is 9.47 Å². The minimum Gasteiger partial charge on any atom is -0.490 e. The van der Waals surface area contributed by atoms with E-state index in [2.05, 4.69) is 6.07 Å². The first-order valence-electron chi connectivity index (χ1n) is 8.73. The lowest BCUT2D eigenvalue weighted by molar-refractivity contribution is -0.126. The number of carbonyl (C=O) groups is 1. The van der Waals surface area contributed by atoms with Crippen LogP contribution in [0.5, 0.6) is 11.5 Å². The first-order chi connectivity index (χ1) is 12.3. The van der Waals surface area contributed by atoms with E-state index in [1.54, 1.807) is 17.4 Å². The molecule has 0 N–H and O–H groups in total. The molecular formula is C20H21NO3S. The number of hydrogen-bond acceptors (Lipinski definition) is 4. The quantitative estimate of drug-likeness (QED) is 0.771. The average molecular weight is 355 g/mol. The zero-order valence-electron chi connectivity index (χ0n) is 14.0. The topological polar surface area (TPSA) is 38.8 Å². The van der Waals surface area contributed by atoms with Gasteiger partial charge in [0.2, 0.25) is 5.91 Å². The highest BCUT2D eigenvalue weighted by atomic mass is 32.1. The van der Waals surface area contributed by atoms with Crippen LogP contribution in [0.15, 0.2) is 41.8 Å². The maximum absolute atomic E-state index is 12.7. The van der Waals surface area contributed by atoms with E-state index in [1.807, 2.05) is 40.6 Å². The minimum absolute atomic E-state index is 0.0722. The van der Waals surface area contributed by atoms with Crippen molar-refractivity contribution < 1.29 is 14.3 Å². The smallest absolute Gasteiger partial charge is 0.247 e. The summed E-state index contributed by atoms with van der Waals surface area (Å²) in [5, 5.41) is 2.01. The predicted octanol–water partition coefficient (Wildman–Crippen LogP) is 4.29. The molecule has 2 aromatic rings. The second kappa shape index (κ2) is 7.31. The van der Waals surface area contributed by atoms with Gasteiger partial charge in [0.25, 0.3) is 0 Å². The number of hydrogen-bond donors (Lipinski definition) is 0. The van der Waals surface area contributed by atoms with Gasteiger partial charge in [0, 0.05) is 23.9 Å². The number of nitrogens with zero attached hydrogens (tertiary/aromatic N) is 1. The molecule has 0 unspecified atom stereocenters. The summed E-state index contributed by atoms with van der Waals surface area (Å²) in [7, 11) is 0. The summed E-state index contributed by atoms with van der Waals surface area (Å²) in [5.74, 6) is 1.67. The zero-order chi connectivity index (χ0) is 17.1. The number of carbonyl (C=O) groups excluding carboxylic acids is 1. The lowest BCUT2D eigenvalue weighted by Crippen LogP contribution is -2.28. The summed E-state index contributed by atoms with van der Waals surface area (Å²) in [4.78, 5) is 15.7. The molecule has 1 aromatic carbocycles. The molecule has 5 heteroatoms. The molecule has 2 aliphatic rings. The van der Waals surface area contributed by atoms with Gasteiger partial charge in [0.05, 0.1) is 19.3 Å². The van der Waals surface area contributed by atoms with Gasteiger partial charge in [-0.15, -0.1) is 11.3 Å². The minimum atomic E-state index is 0.0722. The number of likely N-dealkylation sites (tertiary alicyclic amines) is 1. The summed E-state index contributed by atoms with van der Waals surface area (Å²) in [6, 6.07) is 10.2. The molecule has 1 fully saturated rings. The number of benzene rings is 1. The van der Waals surface area contributed by atoms with E-state index < -0.39 is 0 Å². The maximum Gasteiger partial charge on any atom is 0.247 e. The SMILES string of the molecule is O=C(/C=C/c1cccs1)N1CCC[C@@H]1c1ccc2c(c1)OCCCO2. The Morgan fingerprint density at radius 3 is 2.88 bits per heavy atom. The van der Waals surface area contributed by atoms with Gasteiger partial charge in [-0.05, 0) is 48.1 Å². The molecule has 0 aliphatic carbocycles. The highest BCUT2D eigenvalue weighted by Crippen LogP contribution is 2.38. The molecule has 4 rings (SSSR count). The van der Waals surface area contributed by atoms with Crippen LogP contribution in [0.2, 0.25) is 0 Å². The zero-order valence-corrected chi connectivity index (χ0v) is 14.8. The molecule has 0 radical (unpaired) electrons. The van der Waals surface area contributed by atoms with Gasteiger partial charge in [-0.1, -0.05) is 12.1 Å². The van der Waals surface area contributed by atoms with Crippen LogP contribution in [0.3, 0.4) is 0 Å².